The summed E-state index contributed by atoms with van der Waals surface area (Å²) in [6.45, 7) is 1.44. The molecule has 1 amide bonds. The van der Waals surface area contributed by atoms with E-state index in [1.807, 2.05) is 0 Å². The number of halogens is 4. The van der Waals surface area contributed by atoms with E-state index in [9.17, 15) is 27.5 Å². The molecule has 1 aromatic heterocycles. The molecule has 0 atom stereocenters. The minimum absolute atomic E-state index is 0.127. The van der Waals surface area contributed by atoms with Crippen molar-refractivity contribution in [1.82, 2.24) is 14.5 Å². The Balaban J connectivity index is 2.22. The number of benzene rings is 2. The molecule has 0 saturated heterocycles. The number of nitrogens with one attached hydrogen (secondary N) is 1. The molecule has 11 heteroatoms. The van der Waals surface area contributed by atoms with Crippen LogP contribution in [0.2, 0.25) is 0 Å². The Hall–Kier alpha value is -3.65. The van der Waals surface area contributed by atoms with E-state index in [2.05, 4.69) is 5.32 Å². The van der Waals surface area contributed by atoms with E-state index in [-0.39, 0.29) is 27.4 Å². The zero-order valence-electron chi connectivity index (χ0n) is 16.1. The second-order valence-electron chi connectivity index (χ2n) is 6.45. The molecule has 1 heterocycles. The van der Waals surface area contributed by atoms with Gasteiger partial charge in [0.25, 0.3) is 5.91 Å². The van der Waals surface area contributed by atoms with Gasteiger partial charge in [-0.2, -0.15) is 18.4 Å². The molecule has 0 aliphatic heterocycles. The number of carbonyl (C=O) groups is 1. The Kier molecular flexibility index (Phi) is 5.61. The Labute approximate surface area is 178 Å². The van der Waals surface area contributed by atoms with Gasteiger partial charge in [-0.1, -0.05) is 0 Å². The second-order valence-corrected chi connectivity index (χ2v) is 6.81. The summed E-state index contributed by atoms with van der Waals surface area (Å²) in [6.07, 6.45) is -4.80. The number of nitriles is 1. The first-order chi connectivity index (χ1) is 14.5. The lowest BCUT2D eigenvalue weighted by atomic mass is 10.1. The molecule has 0 radical (unpaired) electrons. The predicted octanol–water partition coefficient (Wildman–Crippen LogP) is 4.40. The highest BCUT2D eigenvalue weighted by atomic mass is 32.1. The maximum absolute atomic E-state index is 14.4. The van der Waals surface area contributed by atoms with Gasteiger partial charge < -0.3 is 10.4 Å². The predicted molar refractivity (Wildman–Crippen MR) is 105 cm³/mol. The van der Waals surface area contributed by atoms with Crippen LogP contribution in [0.4, 0.5) is 17.6 Å². The summed E-state index contributed by atoms with van der Waals surface area (Å²) in [6, 6.07) is 8.01. The number of aromatic nitrogens is 2. The van der Waals surface area contributed by atoms with Crippen LogP contribution in [0.25, 0.3) is 11.4 Å². The number of hydrogen-bond acceptors (Lipinski definition) is 4. The van der Waals surface area contributed by atoms with Gasteiger partial charge in [0, 0.05) is 7.05 Å². The normalized spacial score (nSPS) is 11.3. The molecule has 0 spiro atoms. The summed E-state index contributed by atoms with van der Waals surface area (Å²) in [7, 11) is 1.35. The first kappa shape index (κ1) is 22.0. The third kappa shape index (κ3) is 3.77. The lowest BCUT2D eigenvalue weighted by Crippen LogP contribution is -2.19. The van der Waals surface area contributed by atoms with Crippen LogP contribution >= 0.6 is 12.2 Å². The van der Waals surface area contributed by atoms with Crippen LogP contribution in [0, 0.1) is 28.8 Å². The molecule has 0 saturated carbocycles. The van der Waals surface area contributed by atoms with Crippen LogP contribution in [0.5, 0.6) is 5.88 Å². The number of rotatable bonds is 3. The van der Waals surface area contributed by atoms with Crippen molar-refractivity contribution in [1.29, 1.82) is 5.26 Å². The molecule has 160 valence electrons. The fourth-order valence-corrected chi connectivity index (χ4v) is 3.53. The quantitative estimate of drug-likeness (QED) is 0.458. The van der Waals surface area contributed by atoms with Gasteiger partial charge in [-0.05, 0) is 55.5 Å². The van der Waals surface area contributed by atoms with Gasteiger partial charge in [-0.25, -0.2) is 4.39 Å². The van der Waals surface area contributed by atoms with Gasteiger partial charge in [-0.3, -0.25) is 13.9 Å². The van der Waals surface area contributed by atoms with Gasteiger partial charge in [0.2, 0.25) is 5.88 Å². The lowest BCUT2D eigenvalue weighted by Gasteiger charge is -2.12. The number of carbonyl (C=O) groups excluding carboxylic acids is 1. The van der Waals surface area contributed by atoms with E-state index in [0.29, 0.717) is 6.07 Å². The monoisotopic (exact) mass is 450 g/mol. The molecule has 0 unspecified atom stereocenters. The Bertz CT molecular complexity index is 1300. The molecule has 0 aliphatic rings. The summed E-state index contributed by atoms with van der Waals surface area (Å²) >= 11 is 5.33. The van der Waals surface area contributed by atoms with E-state index < -0.39 is 34.9 Å². The molecule has 3 aromatic rings. The highest BCUT2D eigenvalue weighted by molar-refractivity contribution is 7.71. The lowest BCUT2D eigenvalue weighted by molar-refractivity contribution is -0.137. The Morgan fingerprint density at radius 3 is 2.32 bits per heavy atom. The average Bonchev–Trinajstić information content (AvgIpc) is 2.94. The molecule has 0 aliphatic carbocycles. The summed E-state index contributed by atoms with van der Waals surface area (Å²) < 4.78 is 56.5. The van der Waals surface area contributed by atoms with Crippen LogP contribution in [-0.4, -0.2) is 27.2 Å². The molecule has 2 aromatic carbocycles. The number of imidazole rings is 1. The fraction of sp³-hybridized carbons (Fsp3) is 0.150. The van der Waals surface area contributed by atoms with Crippen LogP contribution in [0.1, 0.15) is 27.2 Å². The van der Waals surface area contributed by atoms with Crippen LogP contribution in [0.3, 0.4) is 0 Å². The molecule has 3 rings (SSSR count). The third-order valence-corrected chi connectivity index (χ3v) is 4.99. The van der Waals surface area contributed by atoms with Gasteiger partial charge >= 0.3 is 6.18 Å². The van der Waals surface area contributed by atoms with Crippen molar-refractivity contribution >= 4 is 18.1 Å². The summed E-state index contributed by atoms with van der Waals surface area (Å²) in [4.78, 5) is 11.7. The van der Waals surface area contributed by atoms with Crippen LogP contribution in [0.15, 0.2) is 36.4 Å². The van der Waals surface area contributed by atoms with Gasteiger partial charge in [-0.15, -0.1) is 0 Å². The Morgan fingerprint density at radius 1 is 1.16 bits per heavy atom. The van der Waals surface area contributed by atoms with Crippen molar-refractivity contribution in [2.75, 3.05) is 7.05 Å². The molecular weight excluding hydrogens is 436 g/mol. The SMILES string of the molecule is CNC(=O)c1ccc(-n2c(C)c(O)n(-c3ccc(C#N)c(C(F)(F)F)c3)c2=S)cc1F. The minimum Gasteiger partial charge on any atom is -0.493 e. The minimum atomic E-state index is -4.80. The molecule has 6 nitrogen and oxygen atoms in total. The van der Waals surface area contributed by atoms with Crippen LogP contribution in [-0.2, 0) is 6.18 Å². The van der Waals surface area contributed by atoms with Crippen molar-refractivity contribution in [3.05, 3.63) is 69.4 Å². The van der Waals surface area contributed by atoms with E-state index >= 15 is 0 Å². The van der Waals surface area contributed by atoms with E-state index in [1.165, 1.54) is 42.8 Å². The van der Waals surface area contributed by atoms with Crippen LogP contribution < -0.4 is 5.32 Å². The third-order valence-electron chi connectivity index (χ3n) is 4.62. The summed E-state index contributed by atoms with van der Waals surface area (Å²) in [5, 5.41) is 21.8. The summed E-state index contributed by atoms with van der Waals surface area (Å²) in [5.41, 5.74) is -1.80. The van der Waals surface area contributed by atoms with E-state index in [4.69, 9.17) is 17.5 Å². The van der Waals surface area contributed by atoms with Gasteiger partial charge in [0.15, 0.2) is 4.77 Å². The van der Waals surface area contributed by atoms with E-state index in [1.54, 1.807) is 0 Å². The highest BCUT2D eigenvalue weighted by Crippen LogP contribution is 2.35. The highest BCUT2D eigenvalue weighted by Gasteiger charge is 2.34. The topological polar surface area (TPSA) is 83.0 Å². The number of alkyl halides is 3. The zero-order chi connectivity index (χ0) is 23.1. The van der Waals surface area contributed by atoms with Gasteiger partial charge in [0.05, 0.1) is 39.8 Å². The average molecular weight is 450 g/mol. The van der Waals surface area contributed by atoms with Crippen molar-refractivity contribution in [2.45, 2.75) is 13.1 Å². The second kappa shape index (κ2) is 7.88. The number of aromatic hydroxyl groups is 1. The Morgan fingerprint density at radius 2 is 1.77 bits per heavy atom. The van der Waals surface area contributed by atoms with Crippen molar-refractivity contribution in [3.63, 3.8) is 0 Å². The largest absolute Gasteiger partial charge is 0.493 e. The first-order valence-electron chi connectivity index (χ1n) is 8.68. The fourth-order valence-electron chi connectivity index (χ4n) is 3.10. The number of nitrogens with zero attached hydrogens (tertiary/aromatic N) is 3. The summed E-state index contributed by atoms with van der Waals surface area (Å²) in [5.74, 6) is -1.94. The maximum atomic E-state index is 14.4. The zero-order valence-corrected chi connectivity index (χ0v) is 16.9. The maximum Gasteiger partial charge on any atom is 0.417 e. The number of hydrogen-bond donors (Lipinski definition) is 2. The first-order valence-corrected chi connectivity index (χ1v) is 9.09. The van der Waals surface area contributed by atoms with Crippen molar-refractivity contribution < 1.29 is 27.5 Å². The standard InChI is InChI=1S/C20H14F4N4O2S/c1-10-18(30)28(12-4-3-11(9-25)15(7-12)20(22,23)24)19(31)27(10)13-5-6-14(16(21)8-13)17(29)26-2/h3-8,30H,1-2H3,(H,26,29). The number of amides is 1. The molecule has 0 fully saturated rings. The molecular formula is C20H14F4N4O2S. The van der Waals surface area contributed by atoms with Crippen molar-refractivity contribution in [2.24, 2.45) is 0 Å². The van der Waals surface area contributed by atoms with Gasteiger partial charge in [0.1, 0.15) is 5.82 Å². The molecule has 0 bridgehead atoms. The smallest absolute Gasteiger partial charge is 0.417 e. The molecule has 31 heavy (non-hydrogen) atoms. The van der Waals surface area contributed by atoms with Crippen molar-refractivity contribution in [3.8, 4) is 23.3 Å². The molecule has 2 N–H and O–H groups in total. The van der Waals surface area contributed by atoms with E-state index in [0.717, 1.165) is 16.7 Å².